The highest BCUT2D eigenvalue weighted by atomic mass is 32.2. The number of hydrogen-bond donors (Lipinski definition) is 1. The van der Waals surface area contributed by atoms with Gasteiger partial charge in [0.05, 0.1) is 4.90 Å². The fraction of sp³-hybridized carbons (Fsp3) is 0.684. The summed E-state index contributed by atoms with van der Waals surface area (Å²) in [4.78, 5) is 0.471. The summed E-state index contributed by atoms with van der Waals surface area (Å²) in [6.45, 7) is 14.0. The van der Waals surface area contributed by atoms with Crippen LogP contribution in [-0.4, -0.2) is 14.5 Å². The van der Waals surface area contributed by atoms with Gasteiger partial charge < -0.3 is 0 Å². The van der Waals surface area contributed by atoms with Gasteiger partial charge in [0, 0.05) is 6.04 Å². The molecule has 1 unspecified atom stereocenters. The van der Waals surface area contributed by atoms with Crippen molar-refractivity contribution in [3.63, 3.8) is 0 Å². The molecule has 0 radical (unpaired) electrons. The molecule has 0 amide bonds. The number of nitrogens with one attached hydrogen (secondary N) is 1. The SMILES string of the molecule is CCCCCCC(C)NS(=O)(=O)c1c(C)c(C)c(C)c(C)c1C. The Morgan fingerprint density at radius 1 is 0.826 bits per heavy atom. The Bertz CT molecular complexity index is 619. The van der Waals surface area contributed by atoms with Crippen LogP contribution in [0.15, 0.2) is 4.90 Å². The number of rotatable bonds is 8. The van der Waals surface area contributed by atoms with E-state index in [1.165, 1.54) is 24.8 Å². The molecule has 132 valence electrons. The molecule has 3 nitrogen and oxygen atoms in total. The van der Waals surface area contributed by atoms with Gasteiger partial charge in [0.25, 0.3) is 0 Å². The molecule has 0 heterocycles. The first kappa shape index (κ1) is 20.2. The molecule has 0 bridgehead atoms. The smallest absolute Gasteiger partial charge is 0.208 e. The zero-order valence-electron chi connectivity index (χ0n) is 15.8. The summed E-state index contributed by atoms with van der Waals surface area (Å²) in [5, 5.41) is 0. The zero-order chi connectivity index (χ0) is 17.8. The lowest BCUT2D eigenvalue weighted by molar-refractivity contribution is 0.521. The van der Waals surface area contributed by atoms with E-state index in [0.29, 0.717) is 4.90 Å². The second-order valence-corrected chi connectivity index (χ2v) is 8.48. The summed E-state index contributed by atoms with van der Waals surface area (Å²) in [5.74, 6) is 0. The van der Waals surface area contributed by atoms with Crippen molar-refractivity contribution >= 4 is 10.0 Å². The third-order valence-corrected chi connectivity index (χ3v) is 6.91. The lowest BCUT2D eigenvalue weighted by Gasteiger charge is -2.21. The fourth-order valence-electron chi connectivity index (χ4n) is 3.13. The minimum atomic E-state index is -3.48. The molecular formula is C19H33NO2S. The van der Waals surface area contributed by atoms with Crippen molar-refractivity contribution in [1.82, 2.24) is 4.72 Å². The van der Waals surface area contributed by atoms with E-state index in [1.807, 2.05) is 34.6 Å². The molecule has 1 N–H and O–H groups in total. The molecule has 1 atom stereocenters. The molecule has 0 aromatic heterocycles. The lowest BCUT2D eigenvalue weighted by Crippen LogP contribution is -2.33. The van der Waals surface area contributed by atoms with Gasteiger partial charge in [-0.05, 0) is 75.8 Å². The molecule has 0 aliphatic rings. The van der Waals surface area contributed by atoms with Crippen LogP contribution >= 0.6 is 0 Å². The van der Waals surface area contributed by atoms with Gasteiger partial charge >= 0.3 is 0 Å². The summed E-state index contributed by atoms with van der Waals surface area (Å²) in [6, 6.07) is -0.0300. The average Bonchev–Trinajstić information content (AvgIpc) is 2.47. The molecule has 4 heteroatoms. The highest BCUT2D eigenvalue weighted by Gasteiger charge is 2.24. The van der Waals surface area contributed by atoms with Gasteiger partial charge in [0.2, 0.25) is 10.0 Å². The number of benzene rings is 1. The maximum atomic E-state index is 12.9. The summed E-state index contributed by atoms with van der Waals surface area (Å²) in [7, 11) is -3.48. The van der Waals surface area contributed by atoms with E-state index in [1.54, 1.807) is 0 Å². The summed E-state index contributed by atoms with van der Waals surface area (Å²) in [5.41, 5.74) is 5.08. The Morgan fingerprint density at radius 2 is 1.30 bits per heavy atom. The van der Waals surface area contributed by atoms with E-state index in [2.05, 4.69) is 18.6 Å². The second kappa shape index (κ2) is 8.29. The predicted molar refractivity (Wildman–Crippen MR) is 98.7 cm³/mol. The Hall–Kier alpha value is -0.870. The standard InChI is InChI=1S/C19H33NO2S/c1-8-9-10-11-12-13(2)20-23(21,22)19-17(6)15(4)14(3)16(5)18(19)7/h13,20H,8-12H2,1-7H3. The number of unbranched alkanes of at least 4 members (excludes halogenated alkanes) is 3. The topological polar surface area (TPSA) is 46.2 Å². The largest absolute Gasteiger partial charge is 0.241 e. The molecule has 0 fully saturated rings. The normalized spacial score (nSPS) is 13.3. The molecule has 1 aromatic rings. The number of sulfonamides is 1. The van der Waals surface area contributed by atoms with Crippen molar-refractivity contribution in [2.24, 2.45) is 0 Å². The van der Waals surface area contributed by atoms with Crippen LogP contribution < -0.4 is 4.72 Å². The first-order valence-corrected chi connectivity index (χ1v) is 10.2. The van der Waals surface area contributed by atoms with Gasteiger partial charge in [-0.15, -0.1) is 0 Å². The highest BCUT2D eigenvalue weighted by molar-refractivity contribution is 7.89. The van der Waals surface area contributed by atoms with Crippen LogP contribution in [0.5, 0.6) is 0 Å². The minimum absolute atomic E-state index is 0.0300. The van der Waals surface area contributed by atoms with Crippen LogP contribution in [0.3, 0.4) is 0 Å². The molecule has 1 rings (SSSR count). The van der Waals surface area contributed by atoms with Crippen LogP contribution in [0.2, 0.25) is 0 Å². The van der Waals surface area contributed by atoms with Crippen LogP contribution in [-0.2, 0) is 10.0 Å². The van der Waals surface area contributed by atoms with Crippen molar-refractivity contribution in [2.75, 3.05) is 0 Å². The first-order chi connectivity index (χ1) is 10.6. The third kappa shape index (κ3) is 4.80. The maximum Gasteiger partial charge on any atom is 0.241 e. The van der Waals surface area contributed by atoms with Crippen LogP contribution in [0.4, 0.5) is 0 Å². The lowest BCUT2D eigenvalue weighted by atomic mass is 9.95. The first-order valence-electron chi connectivity index (χ1n) is 8.72. The van der Waals surface area contributed by atoms with Gasteiger partial charge in [-0.25, -0.2) is 13.1 Å². The summed E-state index contributed by atoms with van der Waals surface area (Å²) < 4.78 is 28.6. The molecule has 0 spiro atoms. The van der Waals surface area contributed by atoms with Crippen molar-refractivity contribution in [2.45, 2.75) is 91.5 Å². The van der Waals surface area contributed by atoms with E-state index in [4.69, 9.17) is 0 Å². The van der Waals surface area contributed by atoms with E-state index >= 15 is 0 Å². The van der Waals surface area contributed by atoms with E-state index < -0.39 is 10.0 Å². The Kier molecular flexibility index (Phi) is 7.28. The van der Waals surface area contributed by atoms with Gasteiger partial charge in [0.1, 0.15) is 0 Å². The maximum absolute atomic E-state index is 12.9. The molecule has 23 heavy (non-hydrogen) atoms. The molecule has 0 saturated carbocycles. The van der Waals surface area contributed by atoms with Crippen molar-refractivity contribution < 1.29 is 8.42 Å². The van der Waals surface area contributed by atoms with Gasteiger partial charge in [-0.1, -0.05) is 32.6 Å². The van der Waals surface area contributed by atoms with Crippen molar-refractivity contribution in [3.8, 4) is 0 Å². The Labute approximate surface area is 142 Å². The van der Waals surface area contributed by atoms with Crippen molar-refractivity contribution in [1.29, 1.82) is 0 Å². The Balaban J connectivity index is 3.01. The number of hydrogen-bond acceptors (Lipinski definition) is 2. The average molecular weight is 340 g/mol. The van der Waals surface area contributed by atoms with Gasteiger partial charge in [-0.3, -0.25) is 0 Å². The van der Waals surface area contributed by atoms with E-state index in [-0.39, 0.29) is 6.04 Å². The second-order valence-electron chi connectivity index (χ2n) is 6.83. The minimum Gasteiger partial charge on any atom is -0.208 e. The zero-order valence-corrected chi connectivity index (χ0v) is 16.7. The molecule has 1 aromatic carbocycles. The predicted octanol–water partition coefficient (Wildman–Crippen LogP) is 4.87. The van der Waals surface area contributed by atoms with Crippen LogP contribution in [0.1, 0.15) is 73.8 Å². The monoisotopic (exact) mass is 339 g/mol. The summed E-state index contributed by atoms with van der Waals surface area (Å²) >= 11 is 0. The fourth-order valence-corrected chi connectivity index (χ4v) is 5.01. The van der Waals surface area contributed by atoms with Gasteiger partial charge in [-0.2, -0.15) is 0 Å². The van der Waals surface area contributed by atoms with Crippen LogP contribution in [0.25, 0.3) is 0 Å². The molecule has 0 saturated heterocycles. The molecule has 0 aliphatic carbocycles. The van der Waals surface area contributed by atoms with Gasteiger partial charge in [0.15, 0.2) is 0 Å². The van der Waals surface area contributed by atoms with Crippen LogP contribution in [0, 0.1) is 34.6 Å². The quantitative estimate of drug-likeness (QED) is 0.687. The highest BCUT2D eigenvalue weighted by Crippen LogP contribution is 2.29. The third-order valence-electron chi connectivity index (χ3n) is 5.05. The van der Waals surface area contributed by atoms with E-state index in [0.717, 1.165) is 35.1 Å². The molecule has 0 aliphatic heterocycles. The molecular weight excluding hydrogens is 306 g/mol. The Morgan fingerprint density at radius 3 is 1.78 bits per heavy atom. The van der Waals surface area contributed by atoms with Crippen molar-refractivity contribution in [3.05, 3.63) is 27.8 Å². The summed E-state index contributed by atoms with van der Waals surface area (Å²) in [6.07, 6.45) is 5.54. The van der Waals surface area contributed by atoms with E-state index in [9.17, 15) is 8.42 Å².